The van der Waals surface area contributed by atoms with Crippen LogP contribution in [-0.2, 0) is 12.7 Å². The molecule has 0 fully saturated rings. The van der Waals surface area contributed by atoms with Crippen molar-refractivity contribution in [3.05, 3.63) is 16.1 Å². The Balaban J connectivity index is 2.52. The molecule has 0 unspecified atom stereocenters. The zero-order chi connectivity index (χ0) is 16.6. The molecule has 0 aromatic carbocycles. The van der Waals surface area contributed by atoms with E-state index in [0.717, 1.165) is 36.1 Å². The fraction of sp³-hybridized carbons (Fsp3) is 0.714. The van der Waals surface area contributed by atoms with Gasteiger partial charge in [-0.15, -0.1) is 11.3 Å². The SMILES string of the molecule is CCNC(=NCc1nc(C(F)(F)F)cs1)NCCCC(C)C. The average Bonchev–Trinajstić information content (AvgIpc) is 2.89. The molecule has 1 rings (SSSR count). The van der Waals surface area contributed by atoms with Gasteiger partial charge in [-0.2, -0.15) is 13.2 Å². The van der Waals surface area contributed by atoms with Crippen LogP contribution in [0.5, 0.6) is 0 Å². The fourth-order valence-corrected chi connectivity index (χ4v) is 2.44. The van der Waals surface area contributed by atoms with Crippen molar-refractivity contribution in [1.82, 2.24) is 15.6 Å². The van der Waals surface area contributed by atoms with E-state index < -0.39 is 11.9 Å². The van der Waals surface area contributed by atoms with E-state index in [1.54, 1.807) is 0 Å². The van der Waals surface area contributed by atoms with Gasteiger partial charge in [-0.1, -0.05) is 13.8 Å². The first-order valence-corrected chi connectivity index (χ1v) is 8.24. The summed E-state index contributed by atoms with van der Waals surface area (Å²) in [6, 6.07) is 0. The quantitative estimate of drug-likeness (QED) is 0.454. The molecule has 1 aromatic heterocycles. The van der Waals surface area contributed by atoms with Crippen LogP contribution in [-0.4, -0.2) is 24.0 Å². The summed E-state index contributed by atoms with van der Waals surface area (Å²) in [4.78, 5) is 7.83. The topological polar surface area (TPSA) is 49.3 Å². The van der Waals surface area contributed by atoms with E-state index in [9.17, 15) is 13.2 Å². The van der Waals surface area contributed by atoms with Gasteiger partial charge in [0, 0.05) is 18.5 Å². The van der Waals surface area contributed by atoms with Gasteiger partial charge in [-0.3, -0.25) is 0 Å². The Morgan fingerprint density at radius 1 is 1.36 bits per heavy atom. The molecule has 1 heterocycles. The Hall–Kier alpha value is -1.31. The number of guanidine groups is 1. The standard InChI is InChI=1S/C14H23F3N4S/c1-4-18-13(19-7-5-6-10(2)3)20-8-12-21-11(9-22-12)14(15,16)17/h9-10H,4-8H2,1-3H3,(H2,18,19,20). The van der Waals surface area contributed by atoms with Crippen LogP contribution in [0.3, 0.4) is 0 Å². The lowest BCUT2D eigenvalue weighted by Gasteiger charge is -2.11. The van der Waals surface area contributed by atoms with Crippen molar-refractivity contribution in [1.29, 1.82) is 0 Å². The summed E-state index contributed by atoms with van der Waals surface area (Å²) in [5.74, 6) is 1.26. The molecule has 126 valence electrons. The van der Waals surface area contributed by atoms with Gasteiger partial charge in [0.25, 0.3) is 0 Å². The number of nitrogens with one attached hydrogen (secondary N) is 2. The Morgan fingerprint density at radius 2 is 2.09 bits per heavy atom. The first-order chi connectivity index (χ1) is 10.3. The van der Waals surface area contributed by atoms with E-state index in [4.69, 9.17) is 0 Å². The maximum absolute atomic E-state index is 12.5. The minimum atomic E-state index is -4.39. The number of alkyl halides is 3. The molecule has 0 aliphatic carbocycles. The van der Waals surface area contributed by atoms with Crippen molar-refractivity contribution in [3.8, 4) is 0 Å². The van der Waals surface area contributed by atoms with Gasteiger partial charge < -0.3 is 10.6 Å². The maximum Gasteiger partial charge on any atom is 0.434 e. The van der Waals surface area contributed by atoms with E-state index in [0.29, 0.717) is 23.4 Å². The number of hydrogen-bond acceptors (Lipinski definition) is 3. The van der Waals surface area contributed by atoms with Gasteiger partial charge in [0.1, 0.15) is 5.01 Å². The van der Waals surface area contributed by atoms with Crippen LogP contribution in [0, 0.1) is 5.92 Å². The molecule has 0 bridgehead atoms. The van der Waals surface area contributed by atoms with Gasteiger partial charge in [-0.25, -0.2) is 9.98 Å². The van der Waals surface area contributed by atoms with Crippen LogP contribution >= 0.6 is 11.3 Å². The summed E-state index contributed by atoms with van der Waals surface area (Å²) in [6.07, 6.45) is -2.25. The molecule has 0 aliphatic rings. The minimum Gasteiger partial charge on any atom is -0.357 e. The van der Waals surface area contributed by atoms with Crippen LogP contribution in [0.15, 0.2) is 10.4 Å². The molecule has 0 radical (unpaired) electrons. The first kappa shape index (κ1) is 18.7. The second-order valence-corrected chi connectivity index (χ2v) is 6.22. The fourth-order valence-electron chi connectivity index (χ4n) is 1.72. The number of thiazole rings is 1. The van der Waals surface area contributed by atoms with Crippen LogP contribution in [0.25, 0.3) is 0 Å². The van der Waals surface area contributed by atoms with Crippen molar-refractivity contribution in [2.24, 2.45) is 10.9 Å². The van der Waals surface area contributed by atoms with Crippen LogP contribution < -0.4 is 10.6 Å². The van der Waals surface area contributed by atoms with E-state index in [2.05, 4.69) is 34.5 Å². The third-order valence-electron chi connectivity index (χ3n) is 2.81. The first-order valence-electron chi connectivity index (χ1n) is 7.36. The third kappa shape index (κ3) is 7.11. The number of halogens is 3. The Kier molecular flexibility index (Phi) is 7.64. The molecule has 0 saturated carbocycles. The lowest BCUT2D eigenvalue weighted by molar-refractivity contribution is -0.140. The summed E-state index contributed by atoms with van der Waals surface area (Å²) in [5.41, 5.74) is -0.849. The zero-order valence-corrected chi connectivity index (χ0v) is 13.9. The van der Waals surface area contributed by atoms with Crippen molar-refractivity contribution >= 4 is 17.3 Å². The Bertz CT molecular complexity index is 469. The summed E-state index contributed by atoms with van der Waals surface area (Å²) in [7, 11) is 0. The van der Waals surface area contributed by atoms with Crippen LogP contribution in [0.2, 0.25) is 0 Å². The molecule has 8 heteroatoms. The largest absolute Gasteiger partial charge is 0.434 e. The summed E-state index contributed by atoms with van der Waals surface area (Å²) in [5, 5.41) is 7.62. The lowest BCUT2D eigenvalue weighted by atomic mass is 10.1. The molecule has 22 heavy (non-hydrogen) atoms. The lowest BCUT2D eigenvalue weighted by Crippen LogP contribution is -2.37. The van der Waals surface area contributed by atoms with Gasteiger partial charge in [0.15, 0.2) is 11.7 Å². The van der Waals surface area contributed by atoms with Crippen molar-refractivity contribution < 1.29 is 13.2 Å². The number of rotatable bonds is 7. The molecule has 0 amide bonds. The highest BCUT2D eigenvalue weighted by Gasteiger charge is 2.33. The number of aromatic nitrogens is 1. The predicted octanol–water partition coefficient (Wildman–Crippen LogP) is 3.65. The number of aliphatic imine (C=N–C) groups is 1. The Labute approximate surface area is 133 Å². The molecule has 0 saturated heterocycles. The summed E-state index contributed by atoms with van der Waals surface area (Å²) < 4.78 is 37.4. The van der Waals surface area contributed by atoms with E-state index in [-0.39, 0.29) is 6.54 Å². The molecule has 0 aliphatic heterocycles. The third-order valence-corrected chi connectivity index (χ3v) is 3.64. The normalized spacial score (nSPS) is 12.8. The van der Waals surface area contributed by atoms with Crippen molar-refractivity contribution in [2.75, 3.05) is 13.1 Å². The van der Waals surface area contributed by atoms with E-state index >= 15 is 0 Å². The molecule has 0 atom stereocenters. The van der Waals surface area contributed by atoms with Crippen molar-refractivity contribution in [2.45, 2.75) is 46.3 Å². The molecule has 0 spiro atoms. The average molecular weight is 336 g/mol. The highest BCUT2D eigenvalue weighted by molar-refractivity contribution is 7.09. The second-order valence-electron chi connectivity index (χ2n) is 5.28. The Morgan fingerprint density at radius 3 is 2.64 bits per heavy atom. The van der Waals surface area contributed by atoms with E-state index in [1.807, 2.05) is 6.92 Å². The molecule has 4 nitrogen and oxygen atoms in total. The van der Waals surface area contributed by atoms with Crippen molar-refractivity contribution in [3.63, 3.8) is 0 Å². The minimum absolute atomic E-state index is 0.139. The van der Waals surface area contributed by atoms with Crippen LogP contribution in [0.1, 0.15) is 44.3 Å². The van der Waals surface area contributed by atoms with Crippen LogP contribution in [0.4, 0.5) is 13.2 Å². The smallest absolute Gasteiger partial charge is 0.357 e. The highest BCUT2D eigenvalue weighted by Crippen LogP contribution is 2.30. The maximum atomic E-state index is 12.5. The van der Waals surface area contributed by atoms with E-state index in [1.165, 1.54) is 0 Å². The van der Waals surface area contributed by atoms with Gasteiger partial charge in [0.2, 0.25) is 0 Å². The molecular weight excluding hydrogens is 313 g/mol. The molecular formula is C14H23F3N4S. The summed E-state index contributed by atoms with van der Waals surface area (Å²) in [6.45, 7) is 7.90. The van der Waals surface area contributed by atoms with Gasteiger partial charge >= 0.3 is 6.18 Å². The monoisotopic (exact) mass is 336 g/mol. The second kappa shape index (κ2) is 8.97. The highest BCUT2D eigenvalue weighted by atomic mass is 32.1. The molecule has 1 aromatic rings. The summed E-state index contributed by atoms with van der Waals surface area (Å²) >= 11 is 0.975. The number of nitrogens with zero attached hydrogens (tertiary/aromatic N) is 2. The molecule has 2 N–H and O–H groups in total. The zero-order valence-electron chi connectivity index (χ0n) is 13.1. The number of hydrogen-bond donors (Lipinski definition) is 2. The van der Waals surface area contributed by atoms with Gasteiger partial charge in [-0.05, 0) is 25.7 Å². The van der Waals surface area contributed by atoms with Gasteiger partial charge in [0.05, 0.1) is 6.54 Å². The predicted molar refractivity (Wildman–Crippen MR) is 84.0 cm³/mol.